The van der Waals surface area contributed by atoms with Crippen LogP contribution < -0.4 is 0 Å². The molecule has 1 saturated heterocycles. The van der Waals surface area contributed by atoms with E-state index in [1.807, 2.05) is 30.3 Å². The summed E-state index contributed by atoms with van der Waals surface area (Å²) < 4.78 is 2.48. The molecule has 0 saturated carbocycles. The molecule has 14 heavy (non-hydrogen) atoms. The van der Waals surface area contributed by atoms with Gasteiger partial charge in [-0.3, -0.25) is 0 Å². The van der Waals surface area contributed by atoms with E-state index in [0.717, 1.165) is 12.2 Å². The van der Waals surface area contributed by atoms with Gasteiger partial charge in [-0.15, -0.1) is 0 Å². The number of rotatable bonds is 1. The van der Waals surface area contributed by atoms with Gasteiger partial charge in [0.2, 0.25) is 0 Å². The fraction of sp³-hybridized carbons (Fsp3) is 0.182. The molecule has 0 aliphatic carbocycles. The van der Waals surface area contributed by atoms with E-state index in [0.29, 0.717) is 15.0 Å². The van der Waals surface area contributed by atoms with Crippen molar-refractivity contribution >= 4 is 25.4 Å². The number of para-hydroxylation sites is 1. The summed E-state index contributed by atoms with van der Waals surface area (Å²) in [7, 11) is 2.07. The van der Waals surface area contributed by atoms with E-state index in [9.17, 15) is 0 Å². The molecular weight excluding hydrogens is 239 g/mol. The van der Waals surface area contributed by atoms with E-state index in [1.54, 1.807) is 0 Å². The van der Waals surface area contributed by atoms with Gasteiger partial charge >= 0.3 is 90.2 Å². The van der Waals surface area contributed by atoms with Crippen molar-refractivity contribution in [3.8, 4) is 0 Å². The van der Waals surface area contributed by atoms with Crippen LogP contribution in [-0.4, -0.2) is 38.2 Å². The van der Waals surface area contributed by atoms with Gasteiger partial charge in [0.15, 0.2) is 0 Å². The van der Waals surface area contributed by atoms with Gasteiger partial charge in [0.05, 0.1) is 0 Å². The van der Waals surface area contributed by atoms with Crippen LogP contribution in [0.3, 0.4) is 0 Å². The van der Waals surface area contributed by atoms with Gasteiger partial charge < -0.3 is 0 Å². The SMILES string of the molecule is C=C1CN(C)C(=Nc2ccccc2)[Se]1. The standard InChI is InChI=1S/C11H12N2Se/c1-9-8-13(2)11(14-9)12-10-6-4-3-5-7-10/h3-7H,1,8H2,2H3. The number of likely N-dealkylation sites (N-methyl/N-ethyl adjacent to an activating group) is 1. The zero-order valence-corrected chi connectivity index (χ0v) is 9.82. The molecule has 1 aliphatic rings. The normalized spacial score (nSPS) is 19.4. The molecule has 0 atom stereocenters. The number of benzene rings is 1. The third-order valence-corrected chi connectivity index (χ3v) is 4.06. The van der Waals surface area contributed by atoms with Gasteiger partial charge in [-0.1, -0.05) is 0 Å². The van der Waals surface area contributed by atoms with Crippen LogP contribution in [-0.2, 0) is 0 Å². The number of nitrogens with zero attached hydrogens (tertiary/aromatic N) is 2. The first kappa shape index (κ1) is 9.50. The molecule has 1 heterocycles. The van der Waals surface area contributed by atoms with Crippen molar-refractivity contribution in [3.05, 3.63) is 41.4 Å². The van der Waals surface area contributed by atoms with Crippen LogP contribution in [0, 0.1) is 0 Å². The summed E-state index contributed by atoms with van der Waals surface area (Å²) >= 11 is 0.352. The summed E-state index contributed by atoms with van der Waals surface area (Å²) in [6.07, 6.45) is 0. The first-order valence-electron chi connectivity index (χ1n) is 4.46. The van der Waals surface area contributed by atoms with Crippen LogP contribution in [0.25, 0.3) is 0 Å². The molecule has 0 bridgehead atoms. The van der Waals surface area contributed by atoms with Crippen molar-refractivity contribution in [2.24, 2.45) is 4.99 Å². The minimum absolute atomic E-state index is 0.352. The summed E-state index contributed by atoms with van der Waals surface area (Å²) in [4.78, 5) is 6.77. The van der Waals surface area contributed by atoms with E-state index in [4.69, 9.17) is 0 Å². The molecule has 0 N–H and O–H groups in total. The molecular formula is C11H12N2Se. The average molecular weight is 251 g/mol. The molecule has 3 heteroatoms. The van der Waals surface area contributed by atoms with Gasteiger partial charge in [0.1, 0.15) is 0 Å². The van der Waals surface area contributed by atoms with Crippen LogP contribution in [0.15, 0.2) is 46.4 Å². The van der Waals surface area contributed by atoms with Crippen molar-refractivity contribution in [2.45, 2.75) is 0 Å². The average Bonchev–Trinajstić information content (AvgIpc) is 2.47. The molecule has 1 aromatic rings. The summed E-state index contributed by atoms with van der Waals surface area (Å²) in [6, 6.07) is 10.1. The van der Waals surface area contributed by atoms with Crippen molar-refractivity contribution < 1.29 is 0 Å². The Morgan fingerprint density at radius 3 is 2.64 bits per heavy atom. The second-order valence-corrected chi connectivity index (χ2v) is 5.63. The van der Waals surface area contributed by atoms with Gasteiger partial charge in [-0.2, -0.15) is 0 Å². The Bertz CT molecular complexity index is 370. The maximum absolute atomic E-state index is 4.60. The van der Waals surface area contributed by atoms with Gasteiger partial charge in [0, 0.05) is 0 Å². The van der Waals surface area contributed by atoms with Crippen LogP contribution in [0.1, 0.15) is 0 Å². The predicted molar refractivity (Wildman–Crippen MR) is 61.1 cm³/mol. The Labute approximate surface area is 90.5 Å². The number of hydrogen-bond donors (Lipinski definition) is 0. The van der Waals surface area contributed by atoms with E-state index in [-0.39, 0.29) is 0 Å². The second kappa shape index (κ2) is 3.99. The Hall–Kier alpha value is -1.05. The summed E-state index contributed by atoms with van der Waals surface area (Å²) in [6.45, 7) is 4.97. The topological polar surface area (TPSA) is 15.6 Å². The Morgan fingerprint density at radius 1 is 1.36 bits per heavy atom. The molecule has 0 radical (unpaired) electrons. The van der Waals surface area contributed by atoms with Crippen molar-refractivity contribution in [2.75, 3.05) is 13.6 Å². The first-order valence-corrected chi connectivity index (χ1v) is 6.17. The van der Waals surface area contributed by atoms with E-state index in [2.05, 4.69) is 23.5 Å². The van der Waals surface area contributed by atoms with Crippen LogP contribution in [0.2, 0.25) is 0 Å². The molecule has 0 unspecified atom stereocenters. The van der Waals surface area contributed by atoms with Crippen molar-refractivity contribution in [3.63, 3.8) is 0 Å². The minimum atomic E-state index is 0.352. The van der Waals surface area contributed by atoms with Crippen molar-refractivity contribution in [1.29, 1.82) is 0 Å². The molecule has 0 amide bonds. The third-order valence-electron chi connectivity index (χ3n) is 1.96. The molecule has 0 spiro atoms. The number of aliphatic imine (C=N–C) groups is 1. The Balaban J connectivity index is 2.23. The van der Waals surface area contributed by atoms with E-state index in [1.165, 1.54) is 9.21 Å². The Kier molecular flexibility index (Phi) is 2.71. The van der Waals surface area contributed by atoms with Gasteiger partial charge in [-0.05, 0) is 0 Å². The van der Waals surface area contributed by atoms with E-state index < -0.39 is 0 Å². The second-order valence-electron chi connectivity index (χ2n) is 3.23. The molecule has 0 aromatic heterocycles. The van der Waals surface area contributed by atoms with Gasteiger partial charge in [-0.25, -0.2) is 0 Å². The van der Waals surface area contributed by atoms with Crippen LogP contribution >= 0.6 is 0 Å². The summed E-state index contributed by atoms with van der Waals surface area (Å²) in [5.41, 5.74) is 1.03. The fourth-order valence-electron chi connectivity index (χ4n) is 1.29. The maximum atomic E-state index is 4.60. The quantitative estimate of drug-likeness (QED) is 0.695. The number of hydrogen-bond acceptors (Lipinski definition) is 1. The number of amidine groups is 1. The molecule has 2 nitrogen and oxygen atoms in total. The molecule has 1 fully saturated rings. The molecule has 1 aliphatic heterocycles. The van der Waals surface area contributed by atoms with Crippen LogP contribution in [0.4, 0.5) is 5.69 Å². The summed E-state index contributed by atoms with van der Waals surface area (Å²) in [5.74, 6) is 0. The monoisotopic (exact) mass is 252 g/mol. The predicted octanol–water partition coefficient (Wildman–Crippen LogP) is 1.84. The summed E-state index contributed by atoms with van der Waals surface area (Å²) in [5, 5.41) is 0. The third kappa shape index (κ3) is 2.06. The zero-order valence-electron chi connectivity index (χ0n) is 8.10. The van der Waals surface area contributed by atoms with Gasteiger partial charge in [0.25, 0.3) is 0 Å². The molecule has 72 valence electrons. The fourth-order valence-corrected chi connectivity index (χ4v) is 3.16. The molecule has 2 rings (SSSR count). The first-order chi connectivity index (χ1) is 6.75. The zero-order chi connectivity index (χ0) is 9.97. The van der Waals surface area contributed by atoms with Crippen LogP contribution in [0.5, 0.6) is 0 Å². The molecule has 1 aromatic carbocycles. The van der Waals surface area contributed by atoms with Crippen molar-refractivity contribution in [1.82, 2.24) is 4.90 Å². The Morgan fingerprint density at radius 2 is 2.07 bits per heavy atom. The van der Waals surface area contributed by atoms with E-state index >= 15 is 0 Å².